The molecule has 0 aliphatic heterocycles. The van der Waals surface area contributed by atoms with Crippen LogP contribution < -0.4 is 10.6 Å². The van der Waals surface area contributed by atoms with Crippen LogP contribution in [0.3, 0.4) is 0 Å². The van der Waals surface area contributed by atoms with Crippen LogP contribution in [0, 0.1) is 5.41 Å². The molecule has 0 saturated heterocycles. The summed E-state index contributed by atoms with van der Waals surface area (Å²) in [6.07, 6.45) is 5.84. The van der Waals surface area contributed by atoms with Crippen molar-refractivity contribution in [3.8, 4) is 5.82 Å². The number of nitrogens with zero attached hydrogens (tertiary/aromatic N) is 3. The van der Waals surface area contributed by atoms with Crippen LogP contribution in [0.25, 0.3) is 5.82 Å². The Morgan fingerprint density at radius 3 is 2.87 bits per heavy atom. The number of pyridine rings is 1. The molecule has 2 amide bonds. The van der Waals surface area contributed by atoms with Crippen LogP contribution in [0.15, 0.2) is 36.8 Å². The van der Waals surface area contributed by atoms with Crippen molar-refractivity contribution in [2.45, 2.75) is 26.8 Å². The smallest absolute Gasteiger partial charge is 0.315 e. The van der Waals surface area contributed by atoms with Crippen molar-refractivity contribution in [2.24, 2.45) is 5.41 Å². The van der Waals surface area contributed by atoms with Gasteiger partial charge in [-0.05, 0) is 35.6 Å². The Kier molecular flexibility index (Phi) is 5.70. The quantitative estimate of drug-likeness (QED) is 0.721. The lowest BCUT2D eigenvalue weighted by Gasteiger charge is -2.23. The summed E-state index contributed by atoms with van der Waals surface area (Å²) in [5.74, 6) is 0.707. The summed E-state index contributed by atoms with van der Waals surface area (Å²) in [4.78, 5) is 16.1. The van der Waals surface area contributed by atoms with Crippen LogP contribution in [0.4, 0.5) is 4.79 Å². The van der Waals surface area contributed by atoms with Crippen molar-refractivity contribution in [1.29, 1.82) is 0 Å². The maximum atomic E-state index is 11.9. The molecule has 0 spiro atoms. The van der Waals surface area contributed by atoms with Gasteiger partial charge in [-0.25, -0.2) is 14.5 Å². The normalized spacial score (nSPS) is 11.3. The van der Waals surface area contributed by atoms with Crippen molar-refractivity contribution in [2.75, 3.05) is 13.2 Å². The number of aliphatic hydroxyl groups is 1. The zero-order valence-electron chi connectivity index (χ0n) is 13.5. The average molecular weight is 317 g/mol. The molecule has 2 heterocycles. The first-order valence-corrected chi connectivity index (χ1v) is 7.58. The van der Waals surface area contributed by atoms with Gasteiger partial charge < -0.3 is 15.7 Å². The molecule has 23 heavy (non-hydrogen) atoms. The minimum absolute atomic E-state index is 0.115. The number of nitrogens with one attached hydrogen (secondary N) is 2. The van der Waals surface area contributed by atoms with Crippen molar-refractivity contribution < 1.29 is 9.90 Å². The molecule has 0 aliphatic carbocycles. The van der Waals surface area contributed by atoms with E-state index in [4.69, 9.17) is 5.11 Å². The molecule has 7 heteroatoms. The Bertz CT molecular complexity index is 625. The molecule has 0 saturated carbocycles. The molecule has 0 aliphatic rings. The number of aliphatic hydroxyl groups excluding tert-OH is 1. The van der Waals surface area contributed by atoms with Crippen LogP contribution in [-0.2, 0) is 6.54 Å². The molecule has 7 nitrogen and oxygen atoms in total. The monoisotopic (exact) mass is 317 g/mol. The van der Waals surface area contributed by atoms with Gasteiger partial charge in [0.25, 0.3) is 0 Å². The number of aromatic nitrogens is 3. The van der Waals surface area contributed by atoms with Crippen LogP contribution in [0.2, 0.25) is 0 Å². The number of urea groups is 1. The van der Waals surface area contributed by atoms with Gasteiger partial charge in [-0.15, -0.1) is 0 Å². The van der Waals surface area contributed by atoms with Crippen molar-refractivity contribution in [3.05, 3.63) is 42.4 Å². The lowest BCUT2D eigenvalue weighted by Crippen LogP contribution is -2.40. The number of rotatable bonds is 7. The fraction of sp³-hybridized carbons (Fsp3) is 0.438. The Labute approximate surface area is 135 Å². The third-order valence-electron chi connectivity index (χ3n) is 3.52. The first kappa shape index (κ1) is 17.0. The number of carbonyl (C=O) groups excluding carboxylic acids is 1. The molecular formula is C16H23N5O2. The summed E-state index contributed by atoms with van der Waals surface area (Å²) in [7, 11) is 0. The predicted molar refractivity (Wildman–Crippen MR) is 87.1 cm³/mol. The van der Waals surface area contributed by atoms with Gasteiger partial charge >= 0.3 is 6.03 Å². The number of amides is 2. The summed E-state index contributed by atoms with van der Waals surface area (Å²) in [6, 6.07) is 5.33. The number of hydrogen-bond acceptors (Lipinski definition) is 4. The second-order valence-corrected chi connectivity index (χ2v) is 6.15. The Hall–Kier alpha value is -2.41. The molecule has 0 bridgehead atoms. The minimum atomic E-state index is -0.228. The van der Waals surface area contributed by atoms with Gasteiger partial charge in [-0.1, -0.05) is 13.8 Å². The van der Waals surface area contributed by atoms with Gasteiger partial charge in [0, 0.05) is 38.3 Å². The molecule has 124 valence electrons. The molecular weight excluding hydrogens is 294 g/mol. The average Bonchev–Trinajstić information content (AvgIpc) is 3.06. The summed E-state index contributed by atoms with van der Waals surface area (Å²) in [5.41, 5.74) is 0.811. The fourth-order valence-electron chi connectivity index (χ4n) is 2.06. The van der Waals surface area contributed by atoms with Gasteiger partial charge in [0.2, 0.25) is 0 Å². The molecule has 3 N–H and O–H groups in total. The zero-order chi connectivity index (χ0) is 16.7. The predicted octanol–water partition coefficient (Wildman–Crippen LogP) is 1.48. The summed E-state index contributed by atoms with van der Waals surface area (Å²) < 4.78 is 1.67. The molecule has 0 unspecified atom stereocenters. The Balaban J connectivity index is 1.84. The maximum absolute atomic E-state index is 11.9. The molecule has 0 radical (unpaired) electrons. The highest BCUT2D eigenvalue weighted by Gasteiger charge is 2.17. The minimum Gasteiger partial charge on any atom is -0.396 e. The second-order valence-electron chi connectivity index (χ2n) is 6.15. The van der Waals surface area contributed by atoms with E-state index in [-0.39, 0.29) is 18.1 Å². The van der Waals surface area contributed by atoms with E-state index in [1.807, 2.05) is 38.2 Å². The van der Waals surface area contributed by atoms with Gasteiger partial charge in [0.1, 0.15) is 0 Å². The highest BCUT2D eigenvalue weighted by molar-refractivity contribution is 5.73. The molecule has 0 aromatic carbocycles. The summed E-state index contributed by atoms with van der Waals surface area (Å²) in [5, 5.41) is 18.8. The number of carbonyl (C=O) groups is 1. The Morgan fingerprint density at radius 1 is 1.35 bits per heavy atom. The van der Waals surface area contributed by atoms with E-state index in [1.165, 1.54) is 0 Å². The zero-order valence-corrected chi connectivity index (χ0v) is 13.5. The molecule has 2 aromatic rings. The largest absolute Gasteiger partial charge is 0.396 e. The van der Waals surface area contributed by atoms with Crippen LogP contribution in [-0.4, -0.2) is 39.1 Å². The van der Waals surface area contributed by atoms with Gasteiger partial charge in [-0.2, -0.15) is 5.10 Å². The fourth-order valence-corrected chi connectivity index (χ4v) is 2.06. The SMILES string of the molecule is CC(C)(CCO)CNC(=O)NCc1ccnc(-n2cccn2)c1. The summed E-state index contributed by atoms with van der Waals surface area (Å²) >= 11 is 0. The highest BCUT2D eigenvalue weighted by atomic mass is 16.3. The first-order chi connectivity index (χ1) is 11.0. The molecule has 2 rings (SSSR count). The lowest BCUT2D eigenvalue weighted by atomic mass is 9.90. The summed E-state index contributed by atoms with van der Waals surface area (Å²) in [6.45, 7) is 5.03. The first-order valence-electron chi connectivity index (χ1n) is 7.58. The molecule has 0 atom stereocenters. The van der Waals surface area contributed by atoms with Gasteiger partial charge in [0.05, 0.1) is 0 Å². The third-order valence-corrected chi connectivity index (χ3v) is 3.52. The highest BCUT2D eigenvalue weighted by Crippen LogP contribution is 2.17. The topological polar surface area (TPSA) is 92.1 Å². The van der Waals surface area contributed by atoms with Gasteiger partial charge in [-0.3, -0.25) is 0 Å². The lowest BCUT2D eigenvalue weighted by molar-refractivity contribution is 0.201. The van der Waals surface area contributed by atoms with E-state index in [2.05, 4.69) is 20.7 Å². The maximum Gasteiger partial charge on any atom is 0.315 e. The van der Waals surface area contributed by atoms with E-state index in [0.29, 0.717) is 25.3 Å². The van der Waals surface area contributed by atoms with Crippen LogP contribution in [0.1, 0.15) is 25.8 Å². The van der Waals surface area contributed by atoms with E-state index in [9.17, 15) is 4.79 Å². The van der Waals surface area contributed by atoms with E-state index in [1.54, 1.807) is 17.1 Å². The van der Waals surface area contributed by atoms with Gasteiger partial charge in [0.15, 0.2) is 5.82 Å². The number of hydrogen-bond donors (Lipinski definition) is 3. The van der Waals surface area contributed by atoms with E-state index >= 15 is 0 Å². The molecule has 2 aromatic heterocycles. The Morgan fingerprint density at radius 2 is 2.17 bits per heavy atom. The van der Waals surface area contributed by atoms with E-state index < -0.39 is 0 Å². The molecule has 0 fully saturated rings. The van der Waals surface area contributed by atoms with E-state index in [0.717, 1.165) is 5.56 Å². The van der Waals surface area contributed by atoms with Crippen molar-refractivity contribution in [1.82, 2.24) is 25.4 Å². The second kappa shape index (κ2) is 7.73. The van der Waals surface area contributed by atoms with Crippen LogP contribution >= 0.6 is 0 Å². The van der Waals surface area contributed by atoms with Crippen molar-refractivity contribution in [3.63, 3.8) is 0 Å². The van der Waals surface area contributed by atoms with Crippen molar-refractivity contribution >= 4 is 6.03 Å². The van der Waals surface area contributed by atoms with Crippen LogP contribution in [0.5, 0.6) is 0 Å². The third kappa shape index (κ3) is 5.37. The standard InChI is InChI=1S/C16H23N5O2/c1-16(2,5-9-22)12-19-15(23)18-11-13-4-7-17-14(10-13)21-8-3-6-20-21/h3-4,6-8,10,22H,5,9,11-12H2,1-2H3,(H2,18,19,23).